The minimum atomic E-state index is -0.787. The van der Waals surface area contributed by atoms with E-state index in [0.717, 1.165) is 5.71 Å². The van der Waals surface area contributed by atoms with Gasteiger partial charge in [-0.25, -0.2) is 0 Å². The average molecular weight is 171 g/mol. The van der Waals surface area contributed by atoms with Crippen LogP contribution in [0.3, 0.4) is 0 Å². The number of aliphatic hydroxyl groups excluding tert-OH is 2. The van der Waals surface area contributed by atoms with E-state index >= 15 is 0 Å². The Morgan fingerprint density at radius 3 is 2.92 bits per heavy atom. The van der Waals surface area contributed by atoms with Crippen LogP contribution in [0.2, 0.25) is 0 Å². The zero-order valence-corrected chi connectivity index (χ0v) is 6.81. The van der Waals surface area contributed by atoms with E-state index in [4.69, 9.17) is 9.94 Å². The van der Waals surface area contributed by atoms with E-state index in [1.165, 1.54) is 12.8 Å². The molecule has 1 aliphatic carbocycles. The van der Waals surface area contributed by atoms with Crippen molar-refractivity contribution < 1.29 is 15.1 Å². The molecule has 1 saturated carbocycles. The molecule has 2 N–H and O–H groups in total. The van der Waals surface area contributed by atoms with Gasteiger partial charge in [-0.05, 0) is 12.8 Å². The van der Waals surface area contributed by atoms with Crippen molar-refractivity contribution in [2.45, 2.75) is 31.5 Å². The number of aliphatic hydroxyl groups is 2. The van der Waals surface area contributed by atoms with Crippen molar-refractivity contribution in [1.82, 2.24) is 0 Å². The largest absolute Gasteiger partial charge is 0.394 e. The minimum absolute atomic E-state index is 0.252. The zero-order valence-electron chi connectivity index (χ0n) is 6.81. The topological polar surface area (TPSA) is 62.0 Å². The van der Waals surface area contributed by atoms with E-state index in [9.17, 15) is 5.11 Å². The van der Waals surface area contributed by atoms with E-state index in [0.29, 0.717) is 12.3 Å². The molecule has 0 amide bonds. The molecule has 0 bridgehead atoms. The van der Waals surface area contributed by atoms with Crippen LogP contribution in [0, 0.1) is 5.92 Å². The molecular weight excluding hydrogens is 158 g/mol. The SMILES string of the molecule is OC[C@H](O)[C@H]1CC(C2CC2)=NO1. The summed E-state index contributed by atoms with van der Waals surface area (Å²) in [6.07, 6.45) is 1.98. The number of nitrogens with zero attached hydrogens (tertiary/aromatic N) is 1. The number of hydrogen-bond acceptors (Lipinski definition) is 4. The number of hydrogen-bond donors (Lipinski definition) is 2. The summed E-state index contributed by atoms with van der Waals surface area (Å²) in [5, 5.41) is 21.8. The lowest BCUT2D eigenvalue weighted by molar-refractivity contribution is -0.0407. The summed E-state index contributed by atoms with van der Waals surface area (Å²) in [4.78, 5) is 5.00. The first-order valence-electron chi connectivity index (χ1n) is 4.32. The Labute approximate surface area is 70.8 Å². The zero-order chi connectivity index (χ0) is 8.55. The van der Waals surface area contributed by atoms with E-state index in [1.54, 1.807) is 0 Å². The normalized spacial score (nSPS) is 31.2. The molecule has 0 radical (unpaired) electrons. The highest BCUT2D eigenvalue weighted by Crippen LogP contribution is 2.35. The molecule has 2 rings (SSSR count). The van der Waals surface area contributed by atoms with Gasteiger partial charge >= 0.3 is 0 Å². The molecule has 12 heavy (non-hydrogen) atoms. The van der Waals surface area contributed by atoms with Gasteiger partial charge < -0.3 is 15.1 Å². The lowest BCUT2D eigenvalue weighted by atomic mass is 10.1. The van der Waals surface area contributed by atoms with Crippen molar-refractivity contribution in [3.63, 3.8) is 0 Å². The monoisotopic (exact) mass is 171 g/mol. The molecule has 1 heterocycles. The molecule has 0 saturated heterocycles. The standard InChI is InChI=1S/C8H13NO3/c10-4-7(11)8-3-6(9-12-8)5-1-2-5/h5,7-8,10-11H,1-4H2/t7-,8+/m0/s1. The summed E-state index contributed by atoms with van der Waals surface area (Å²) in [5.41, 5.74) is 1.06. The first kappa shape index (κ1) is 8.01. The fraction of sp³-hybridized carbons (Fsp3) is 0.875. The maximum atomic E-state index is 9.23. The van der Waals surface area contributed by atoms with E-state index in [2.05, 4.69) is 5.16 Å². The van der Waals surface area contributed by atoms with Crippen LogP contribution in [0.4, 0.5) is 0 Å². The van der Waals surface area contributed by atoms with Gasteiger partial charge in [0, 0.05) is 12.3 Å². The van der Waals surface area contributed by atoms with Gasteiger partial charge in [0.25, 0.3) is 0 Å². The summed E-state index contributed by atoms with van der Waals surface area (Å²) < 4.78 is 0. The van der Waals surface area contributed by atoms with Crippen LogP contribution in [-0.2, 0) is 4.84 Å². The van der Waals surface area contributed by atoms with Crippen molar-refractivity contribution in [2.75, 3.05) is 6.61 Å². The Bertz CT molecular complexity index is 200. The quantitative estimate of drug-likeness (QED) is 0.623. The van der Waals surface area contributed by atoms with Crippen LogP contribution in [-0.4, -0.2) is 34.7 Å². The molecule has 0 unspecified atom stereocenters. The van der Waals surface area contributed by atoms with Crippen LogP contribution in [0.25, 0.3) is 0 Å². The van der Waals surface area contributed by atoms with Gasteiger partial charge in [0.05, 0.1) is 12.3 Å². The Morgan fingerprint density at radius 1 is 1.58 bits per heavy atom. The Morgan fingerprint density at radius 2 is 2.33 bits per heavy atom. The summed E-state index contributed by atoms with van der Waals surface area (Å²) in [6, 6.07) is 0. The van der Waals surface area contributed by atoms with Gasteiger partial charge in [-0.3, -0.25) is 0 Å². The molecule has 0 aromatic rings. The van der Waals surface area contributed by atoms with E-state index in [1.807, 2.05) is 0 Å². The van der Waals surface area contributed by atoms with Gasteiger partial charge in [0.2, 0.25) is 0 Å². The molecule has 1 fully saturated rings. The Balaban J connectivity index is 1.85. The third-order valence-electron chi connectivity index (χ3n) is 2.38. The van der Waals surface area contributed by atoms with Crippen LogP contribution >= 0.6 is 0 Å². The summed E-state index contributed by atoms with van der Waals surface area (Å²) in [5.74, 6) is 0.598. The van der Waals surface area contributed by atoms with Crippen molar-refractivity contribution in [2.24, 2.45) is 11.1 Å². The van der Waals surface area contributed by atoms with Crippen molar-refractivity contribution >= 4 is 5.71 Å². The smallest absolute Gasteiger partial charge is 0.160 e. The maximum absolute atomic E-state index is 9.23. The lowest BCUT2D eigenvalue weighted by Gasteiger charge is -2.12. The van der Waals surface area contributed by atoms with Crippen LogP contribution < -0.4 is 0 Å². The molecule has 4 nitrogen and oxygen atoms in total. The molecular formula is C8H13NO3. The molecule has 4 heteroatoms. The maximum Gasteiger partial charge on any atom is 0.160 e. The second-order valence-electron chi connectivity index (χ2n) is 3.45. The van der Waals surface area contributed by atoms with Gasteiger partial charge in [-0.15, -0.1) is 0 Å². The molecule has 1 aliphatic heterocycles. The van der Waals surface area contributed by atoms with Crippen LogP contribution in [0.15, 0.2) is 5.16 Å². The molecule has 0 aromatic carbocycles. The highest BCUT2D eigenvalue weighted by molar-refractivity contribution is 5.89. The molecule has 0 aromatic heterocycles. The van der Waals surface area contributed by atoms with Gasteiger partial charge in [-0.1, -0.05) is 5.16 Å². The summed E-state index contributed by atoms with van der Waals surface area (Å²) >= 11 is 0. The minimum Gasteiger partial charge on any atom is -0.394 e. The Kier molecular flexibility index (Phi) is 2.02. The van der Waals surface area contributed by atoms with Crippen molar-refractivity contribution in [1.29, 1.82) is 0 Å². The molecule has 2 atom stereocenters. The summed E-state index contributed by atoms with van der Waals surface area (Å²) in [6.45, 7) is -0.252. The van der Waals surface area contributed by atoms with Crippen molar-refractivity contribution in [3.8, 4) is 0 Å². The molecule has 68 valence electrons. The van der Waals surface area contributed by atoms with E-state index < -0.39 is 6.10 Å². The van der Waals surface area contributed by atoms with Crippen molar-refractivity contribution in [3.05, 3.63) is 0 Å². The number of oxime groups is 1. The predicted octanol–water partition coefficient (Wildman–Crippen LogP) is -0.106. The fourth-order valence-electron chi connectivity index (χ4n) is 1.40. The number of rotatable bonds is 3. The lowest BCUT2D eigenvalue weighted by Crippen LogP contribution is -2.29. The summed E-state index contributed by atoms with van der Waals surface area (Å²) in [7, 11) is 0. The molecule has 0 spiro atoms. The third kappa shape index (κ3) is 1.44. The average Bonchev–Trinajstić information content (AvgIpc) is 2.83. The van der Waals surface area contributed by atoms with Gasteiger partial charge in [-0.2, -0.15) is 0 Å². The van der Waals surface area contributed by atoms with E-state index in [-0.39, 0.29) is 12.7 Å². The molecule has 2 aliphatic rings. The van der Waals surface area contributed by atoms with Crippen LogP contribution in [0.1, 0.15) is 19.3 Å². The highest BCUT2D eigenvalue weighted by Gasteiger charge is 2.36. The third-order valence-corrected chi connectivity index (χ3v) is 2.38. The highest BCUT2D eigenvalue weighted by atomic mass is 16.7. The van der Waals surface area contributed by atoms with Crippen LogP contribution in [0.5, 0.6) is 0 Å². The first-order chi connectivity index (χ1) is 5.81. The second-order valence-corrected chi connectivity index (χ2v) is 3.45. The Hall–Kier alpha value is -0.610. The van der Waals surface area contributed by atoms with Gasteiger partial charge in [0.1, 0.15) is 6.10 Å². The predicted molar refractivity (Wildman–Crippen MR) is 42.7 cm³/mol. The van der Waals surface area contributed by atoms with Gasteiger partial charge in [0.15, 0.2) is 6.10 Å². The fourth-order valence-corrected chi connectivity index (χ4v) is 1.40. The second kappa shape index (κ2) is 3.03. The first-order valence-corrected chi connectivity index (χ1v) is 4.32.